The van der Waals surface area contributed by atoms with Gasteiger partial charge in [-0.2, -0.15) is 0 Å². The second-order valence-corrected chi connectivity index (χ2v) is 7.58. The standard InChI is InChI=1S/C23H27N3O4S/c1-2-13-29-17-11-9-16(10-12-17)21(27)26-23(31)25-20-8-4-3-7-19(20)22(28)24-15-18-6-5-14-30-18/h3-4,7-12,18H,2,5-6,13-15H2,1H3,(H,24,28)(H2,25,26,27,31)/t18-/m0/s1. The van der Waals surface area contributed by atoms with Gasteiger partial charge in [0.1, 0.15) is 5.75 Å². The van der Waals surface area contributed by atoms with Crippen molar-refractivity contribution >= 4 is 34.8 Å². The summed E-state index contributed by atoms with van der Waals surface area (Å²) in [4.78, 5) is 25.1. The highest BCUT2D eigenvalue weighted by atomic mass is 32.1. The van der Waals surface area contributed by atoms with Crippen molar-refractivity contribution in [3.05, 3.63) is 59.7 Å². The number of ether oxygens (including phenoxy) is 2. The smallest absolute Gasteiger partial charge is 0.257 e. The van der Waals surface area contributed by atoms with Crippen molar-refractivity contribution in [3.63, 3.8) is 0 Å². The van der Waals surface area contributed by atoms with Crippen LogP contribution in [0.5, 0.6) is 5.75 Å². The van der Waals surface area contributed by atoms with Crippen LogP contribution in [0.25, 0.3) is 0 Å². The molecule has 1 aliphatic rings. The Morgan fingerprint density at radius 3 is 2.61 bits per heavy atom. The Morgan fingerprint density at radius 1 is 1.13 bits per heavy atom. The summed E-state index contributed by atoms with van der Waals surface area (Å²) in [6.45, 7) is 3.86. The molecule has 8 heteroatoms. The Labute approximate surface area is 187 Å². The number of rotatable bonds is 8. The average molecular weight is 442 g/mol. The fraction of sp³-hybridized carbons (Fsp3) is 0.348. The molecule has 0 aliphatic carbocycles. The van der Waals surface area contributed by atoms with E-state index in [9.17, 15) is 9.59 Å². The van der Waals surface area contributed by atoms with Gasteiger partial charge >= 0.3 is 0 Å². The highest BCUT2D eigenvalue weighted by molar-refractivity contribution is 7.80. The molecule has 7 nitrogen and oxygen atoms in total. The first-order chi connectivity index (χ1) is 15.1. The molecule has 1 heterocycles. The Kier molecular flexibility index (Phi) is 8.37. The number of carbonyl (C=O) groups excluding carboxylic acids is 2. The number of benzene rings is 2. The van der Waals surface area contributed by atoms with E-state index in [0.29, 0.717) is 35.7 Å². The molecule has 1 fully saturated rings. The van der Waals surface area contributed by atoms with Crippen LogP contribution in [0.15, 0.2) is 48.5 Å². The third-order valence-electron chi connectivity index (χ3n) is 4.75. The number of carbonyl (C=O) groups is 2. The van der Waals surface area contributed by atoms with Gasteiger partial charge in [0.15, 0.2) is 5.11 Å². The maximum atomic E-state index is 12.6. The normalized spacial score (nSPS) is 15.2. The third kappa shape index (κ3) is 6.77. The van der Waals surface area contributed by atoms with Gasteiger partial charge in [0, 0.05) is 18.7 Å². The van der Waals surface area contributed by atoms with Gasteiger partial charge in [0.2, 0.25) is 0 Å². The monoisotopic (exact) mass is 441 g/mol. The SMILES string of the molecule is CCCOc1ccc(C(=O)NC(=S)Nc2ccccc2C(=O)NC[C@@H]2CCCO2)cc1. The van der Waals surface area contributed by atoms with E-state index >= 15 is 0 Å². The lowest BCUT2D eigenvalue weighted by atomic mass is 10.1. The molecule has 0 aromatic heterocycles. The van der Waals surface area contributed by atoms with Gasteiger partial charge < -0.3 is 20.1 Å². The van der Waals surface area contributed by atoms with Crippen LogP contribution < -0.4 is 20.7 Å². The van der Waals surface area contributed by atoms with Crippen LogP contribution in [-0.4, -0.2) is 42.8 Å². The Morgan fingerprint density at radius 2 is 1.90 bits per heavy atom. The molecule has 3 N–H and O–H groups in total. The summed E-state index contributed by atoms with van der Waals surface area (Å²) in [5, 5.41) is 8.58. The topological polar surface area (TPSA) is 88.7 Å². The predicted octanol–water partition coefficient (Wildman–Crippen LogP) is 3.51. The van der Waals surface area contributed by atoms with E-state index in [4.69, 9.17) is 21.7 Å². The van der Waals surface area contributed by atoms with Gasteiger partial charge in [-0.25, -0.2) is 0 Å². The van der Waals surface area contributed by atoms with Gasteiger partial charge in [-0.05, 0) is 67.9 Å². The molecule has 0 spiro atoms. The van der Waals surface area contributed by atoms with Crippen LogP contribution in [0, 0.1) is 0 Å². The molecular formula is C23H27N3O4S. The Bertz CT molecular complexity index is 911. The first-order valence-electron chi connectivity index (χ1n) is 10.4. The largest absolute Gasteiger partial charge is 0.494 e. The van der Waals surface area contributed by atoms with Crippen molar-refractivity contribution in [1.82, 2.24) is 10.6 Å². The zero-order valence-corrected chi connectivity index (χ0v) is 18.3. The van der Waals surface area contributed by atoms with Crippen molar-refractivity contribution in [2.75, 3.05) is 25.1 Å². The summed E-state index contributed by atoms with van der Waals surface area (Å²) in [5.74, 6) is 0.136. The molecule has 2 aromatic rings. The second kappa shape index (κ2) is 11.4. The van der Waals surface area contributed by atoms with Crippen LogP contribution in [0.4, 0.5) is 5.69 Å². The van der Waals surface area contributed by atoms with Gasteiger partial charge in [-0.1, -0.05) is 19.1 Å². The number of para-hydroxylation sites is 1. The molecule has 164 valence electrons. The lowest BCUT2D eigenvalue weighted by Gasteiger charge is -2.15. The van der Waals surface area contributed by atoms with Gasteiger partial charge in [0.05, 0.1) is 24.0 Å². The predicted molar refractivity (Wildman–Crippen MR) is 124 cm³/mol. The quantitative estimate of drug-likeness (QED) is 0.544. The minimum absolute atomic E-state index is 0.0585. The van der Waals surface area contributed by atoms with Crippen LogP contribution in [0.3, 0.4) is 0 Å². The highest BCUT2D eigenvalue weighted by Crippen LogP contribution is 2.16. The van der Waals surface area contributed by atoms with E-state index < -0.39 is 0 Å². The number of anilines is 1. The summed E-state index contributed by atoms with van der Waals surface area (Å²) in [7, 11) is 0. The van der Waals surface area contributed by atoms with Crippen LogP contribution in [0.1, 0.15) is 46.9 Å². The Balaban J connectivity index is 1.56. The van der Waals surface area contributed by atoms with Crippen molar-refractivity contribution < 1.29 is 19.1 Å². The number of hydrogen-bond donors (Lipinski definition) is 3. The van der Waals surface area contributed by atoms with E-state index in [-0.39, 0.29) is 23.0 Å². The lowest BCUT2D eigenvalue weighted by Crippen LogP contribution is -2.35. The number of amides is 2. The fourth-order valence-corrected chi connectivity index (χ4v) is 3.35. The summed E-state index contributed by atoms with van der Waals surface area (Å²) in [6.07, 6.45) is 2.93. The molecule has 2 aromatic carbocycles. The first kappa shape index (κ1) is 22.7. The lowest BCUT2D eigenvalue weighted by molar-refractivity contribution is 0.0858. The van der Waals surface area contributed by atoms with E-state index in [1.165, 1.54) is 0 Å². The third-order valence-corrected chi connectivity index (χ3v) is 4.95. The van der Waals surface area contributed by atoms with Crippen LogP contribution in [-0.2, 0) is 4.74 Å². The molecule has 0 bridgehead atoms. The molecule has 31 heavy (non-hydrogen) atoms. The van der Waals surface area contributed by atoms with Crippen LogP contribution in [0.2, 0.25) is 0 Å². The number of hydrogen-bond acceptors (Lipinski definition) is 5. The molecule has 1 atom stereocenters. The van der Waals surface area contributed by atoms with Gasteiger partial charge in [0.25, 0.3) is 11.8 Å². The van der Waals surface area contributed by atoms with Crippen molar-refractivity contribution in [2.45, 2.75) is 32.3 Å². The summed E-state index contributed by atoms with van der Waals surface area (Å²) in [5.41, 5.74) is 1.41. The minimum Gasteiger partial charge on any atom is -0.494 e. The van der Waals surface area contributed by atoms with E-state index in [0.717, 1.165) is 25.9 Å². The first-order valence-corrected chi connectivity index (χ1v) is 10.8. The maximum absolute atomic E-state index is 12.6. The molecule has 1 saturated heterocycles. The van der Waals surface area contributed by atoms with E-state index in [1.54, 1.807) is 48.5 Å². The summed E-state index contributed by atoms with van der Waals surface area (Å²) < 4.78 is 11.1. The number of thiocarbonyl (C=S) groups is 1. The molecule has 0 radical (unpaired) electrons. The summed E-state index contributed by atoms with van der Waals surface area (Å²) >= 11 is 5.27. The minimum atomic E-state index is -0.347. The summed E-state index contributed by atoms with van der Waals surface area (Å²) in [6, 6.07) is 13.8. The highest BCUT2D eigenvalue weighted by Gasteiger charge is 2.18. The Hall–Kier alpha value is -2.97. The van der Waals surface area contributed by atoms with E-state index in [2.05, 4.69) is 16.0 Å². The zero-order chi connectivity index (χ0) is 22.1. The van der Waals surface area contributed by atoms with Crippen molar-refractivity contribution in [3.8, 4) is 5.75 Å². The van der Waals surface area contributed by atoms with Gasteiger partial charge in [-0.15, -0.1) is 0 Å². The van der Waals surface area contributed by atoms with Gasteiger partial charge in [-0.3, -0.25) is 14.9 Å². The molecule has 3 rings (SSSR count). The molecule has 0 unspecified atom stereocenters. The van der Waals surface area contributed by atoms with Crippen molar-refractivity contribution in [1.29, 1.82) is 0 Å². The molecule has 2 amide bonds. The van der Waals surface area contributed by atoms with E-state index in [1.807, 2.05) is 6.92 Å². The van der Waals surface area contributed by atoms with Crippen LogP contribution >= 0.6 is 12.2 Å². The second-order valence-electron chi connectivity index (χ2n) is 7.17. The molecular weight excluding hydrogens is 414 g/mol. The molecule has 1 aliphatic heterocycles. The average Bonchev–Trinajstić information content (AvgIpc) is 3.30. The maximum Gasteiger partial charge on any atom is 0.257 e. The molecule has 0 saturated carbocycles. The number of nitrogens with one attached hydrogen (secondary N) is 3. The van der Waals surface area contributed by atoms with Crippen molar-refractivity contribution in [2.24, 2.45) is 0 Å². The zero-order valence-electron chi connectivity index (χ0n) is 17.5. The fourth-order valence-electron chi connectivity index (χ4n) is 3.15.